The summed E-state index contributed by atoms with van der Waals surface area (Å²) in [4.78, 5) is 0. The molecule has 1 heteroatoms. The largest absolute Gasteiger partial charge is 0.130 e. The van der Waals surface area contributed by atoms with Crippen molar-refractivity contribution in [2.75, 3.05) is 0 Å². The summed E-state index contributed by atoms with van der Waals surface area (Å²) in [6.07, 6.45) is 13.0. The second-order valence-electron chi connectivity index (χ2n) is 6.91. The first-order chi connectivity index (χ1) is 13.8. The maximum absolute atomic E-state index is 2.38. The van der Waals surface area contributed by atoms with Crippen molar-refractivity contribution >= 4 is 25.4 Å². The quantitative estimate of drug-likeness (QED) is 0.321. The Bertz CT molecular complexity index is 889. The molecular formula is C27H26Si. The molecule has 0 aromatic heterocycles. The van der Waals surface area contributed by atoms with E-state index >= 15 is 0 Å². The highest BCUT2D eigenvalue weighted by atomic mass is 28.3. The third kappa shape index (κ3) is 5.93. The zero-order chi connectivity index (χ0) is 19.5. The minimum absolute atomic E-state index is 1.22. The van der Waals surface area contributed by atoms with Crippen LogP contribution >= 0.6 is 0 Å². The molecule has 0 fully saturated rings. The van der Waals surface area contributed by atoms with Gasteiger partial charge in [0, 0.05) is 0 Å². The molecular weight excluding hydrogens is 352 g/mol. The zero-order valence-corrected chi connectivity index (χ0v) is 17.3. The maximum atomic E-state index is 2.38. The third-order valence-corrected chi connectivity index (χ3v) is 8.03. The van der Waals surface area contributed by atoms with Crippen LogP contribution in [-0.2, 0) is 0 Å². The number of rotatable bonds is 7. The Kier molecular flexibility index (Phi) is 7.17. The van der Waals surface area contributed by atoms with E-state index in [0.717, 1.165) is 0 Å². The summed E-state index contributed by atoms with van der Waals surface area (Å²) in [6.45, 7) is 2.38. The minimum Gasteiger partial charge on any atom is -0.0865 e. The maximum Gasteiger partial charge on any atom is 0.130 e. The van der Waals surface area contributed by atoms with E-state index in [2.05, 4.69) is 133 Å². The Morgan fingerprint density at radius 3 is 1.32 bits per heavy atom. The molecule has 138 valence electrons. The highest BCUT2D eigenvalue weighted by Gasteiger charge is 2.22. The summed E-state index contributed by atoms with van der Waals surface area (Å²) in [5.41, 5.74) is 7.21. The van der Waals surface area contributed by atoms with Crippen LogP contribution in [0.1, 0.15) is 11.1 Å². The predicted molar refractivity (Wildman–Crippen MR) is 127 cm³/mol. The highest BCUT2D eigenvalue weighted by Crippen LogP contribution is 2.10. The summed E-state index contributed by atoms with van der Waals surface area (Å²) in [5.74, 6) is 0. The molecule has 3 aromatic carbocycles. The van der Waals surface area contributed by atoms with Gasteiger partial charge in [0.05, 0.1) is 0 Å². The van der Waals surface area contributed by atoms with E-state index in [4.69, 9.17) is 0 Å². The van der Waals surface area contributed by atoms with Gasteiger partial charge in [-0.25, -0.2) is 0 Å². The molecule has 0 aliphatic rings. The van der Waals surface area contributed by atoms with Crippen LogP contribution in [0, 0.1) is 0 Å². The summed E-state index contributed by atoms with van der Waals surface area (Å²) >= 11 is 0. The van der Waals surface area contributed by atoms with Crippen LogP contribution < -0.4 is 5.19 Å². The van der Waals surface area contributed by atoms with Crippen LogP contribution in [0.5, 0.6) is 0 Å². The molecule has 0 saturated carbocycles. The fourth-order valence-corrected chi connectivity index (χ4v) is 5.45. The van der Waals surface area contributed by atoms with E-state index in [0.29, 0.717) is 0 Å². The average Bonchev–Trinajstić information content (AvgIpc) is 2.76. The molecule has 0 atom stereocenters. The lowest BCUT2D eigenvalue weighted by molar-refractivity contribution is 1.66. The monoisotopic (exact) mass is 378 g/mol. The van der Waals surface area contributed by atoms with Crippen LogP contribution in [0.25, 0.3) is 12.2 Å². The Labute approximate surface area is 169 Å². The second-order valence-corrected chi connectivity index (χ2v) is 10.7. The Morgan fingerprint density at radius 1 is 0.500 bits per heavy atom. The lowest BCUT2D eigenvalue weighted by Gasteiger charge is -2.19. The number of hydrogen-bond acceptors (Lipinski definition) is 0. The number of benzene rings is 3. The van der Waals surface area contributed by atoms with Gasteiger partial charge in [0.1, 0.15) is 8.07 Å². The second kappa shape index (κ2) is 10.2. The molecule has 0 amide bonds. The summed E-state index contributed by atoms with van der Waals surface area (Å²) < 4.78 is 0. The van der Waals surface area contributed by atoms with Gasteiger partial charge < -0.3 is 0 Å². The van der Waals surface area contributed by atoms with Gasteiger partial charge in [0.25, 0.3) is 0 Å². The van der Waals surface area contributed by atoms with Crippen molar-refractivity contribution in [3.63, 3.8) is 0 Å². The van der Waals surface area contributed by atoms with Crippen LogP contribution in [-0.4, -0.2) is 8.07 Å². The van der Waals surface area contributed by atoms with E-state index in [9.17, 15) is 0 Å². The third-order valence-electron chi connectivity index (χ3n) is 4.68. The molecule has 0 spiro atoms. The average molecular weight is 379 g/mol. The molecule has 28 heavy (non-hydrogen) atoms. The molecule has 0 aliphatic carbocycles. The van der Waals surface area contributed by atoms with Crippen molar-refractivity contribution in [3.05, 3.63) is 138 Å². The van der Waals surface area contributed by atoms with Crippen LogP contribution in [0.2, 0.25) is 6.55 Å². The molecule has 0 radical (unpaired) electrons. The zero-order valence-electron chi connectivity index (χ0n) is 16.3. The Balaban J connectivity index is 1.78. The van der Waals surface area contributed by atoms with Crippen LogP contribution in [0.4, 0.5) is 0 Å². The van der Waals surface area contributed by atoms with Gasteiger partial charge in [-0.1, -0.05) is 151 Å². The van der Waals surface area contributed by atoms with Gasteiger partial charge in [0.15, 0.2) is 0 Å². The van der Waals surface area contributed by atoms with Crippen molar-refractivity contribution < 1.29 is 0 Å². The standard InChI is InChI=1S/C27H26Si/c1-28(27-21-9-4-10-22-27,23-13-11-19-25-15-5-2-6-16-25)24-14-12-20-26-17-7-3-8-18-26/h2-24H,1H3/b19-11+,20-12+,23-13+,24-14+. The molecule has 0 unspecified atom stereocenters. The molecule has 3 aromatic rings. The van der Waals surface area contributed by atoms with Crippen LogP contribution in [0.15, 0.2) is 127 Å². The first-order valence-electron chi connectivity index (χ1n) is 9.64. The molecule has 0 saturated heterocycles. The Hall–Kier alpha value is -3.16. The lowest BCUT2D eigenvalue weighted by atomic mass is 10.2. The molecule has 0 N–H and O–H groups in total. The van der Waals surface area contributed by atoms with E-state index in [-0.39, 0.29) is 0 Å². The summed E-state index contributed by atoms with van der Waals surface area (Å²) in [7, 11) is -1.87. The van der Waals surface area contributed by atoms with Gasteiger partial charge in [-0.15, -0.1) is 0 Å². The van der Waals surface area contributed by atoms with E-state index in [1.165, 1.54) is 16.3 Å². The van der Waals surface area contributed by atoms with Crippen molar-refractivity contribution in [1.82, 2.24) is 0 Å². The number of allylic oxidation sites excluding steroid dienone is 4. The first-order valence-corrected chi connectivity index (χ1v) is 12.3. The Morgan fingerprint density at radius 2 is 0.893 bits per heavy atom. The van der Waals surface area contributed by atoms with Gasteiger partial charge in [-0.3, -0.25) is 0 Å². The van der Waals surface area contributed by atoms with Crippen LogP contribution in [0.3, 0.4) is 0 Å². The van der Waals surface area contributed by atoms with Gasteiger partial charge >= 0.3 is 0 Å². The van der Waals surface area contributed by atoms with E-state index in [1.807, 2.05) is 12.1 Å². The predicted octanol–water partition coefficient (Wildman–Crippen LogP) is 6.59. The van der Waals surface area contributed by atoms with E-state index < -0.39 is 8.07 Å². The van der Waals surface area contributed by atoms with Crippen molar-refractivity contribution in [3.8, 4) is 0 Å². The van der Waals surface area contributed by atoms with Gasteiger partial charge in [-0.2, -0.15) is 0 Å². The van der Waals surface area contributed by atoms with Crippen molar-refractivity contribution in [2.24, 2.45) is 0 Å². The van der Waals surface area contributed by atoms with Gasteiger partial charge in [-0.05, 0) is 11.1 Å². The smallest absolute Gasteiger partial charge is 0.0865 e. The fraction of sp³-hybridized carbons (Fsp3) is 0.0370. The SMILES string of the molecule is C[Si](/C=C/C=C/c1ccccc1)(/C=C/C=C/c1ccccc1)c1ccccc1. The van der Waals surface area contributed by atoms with E-state index in [1.54, 1.807) is 0 Å². The first kappa shape index (κ1) is 19.6. The highest BCUT2D eigenvalue weighted by molar-refractivity contribution is 6.98. The number of hydrogen-bond donors (Lipinski definition) is 0. The molecule has 0 aliphatic heterocycles. The minimum atomic E-state index is -1.87. The molecule has 0 heterocycles. The van der Waals surface area contributed by atoms with Gasteiger partial charge in [0.2, 0.25) is 0 Å². The van der Waals surface area contributed by atoms with Crippen molar-refractivity contribution in [2.45, 2.75) is 6.55 Å². The normalized spacial score (nSPS) is 12.6. The topological polar surface area (TPSA) is 0 Å². The lowest BCUT2D eigenvalue weighted by Crippen LogP contribution is -2.41. The fourth-order valence-electron chi connectivity index (χ4n) is 3.02. The molecule has 0 bridgehead atoms. The van der Waals surface area contributed by atoms with Crippen molar-refractivity contribution in [1.29, 1.82) is 0 Å². The molecule has 0 nitrogen and oxygen atoms in total. The summed E-state index contributed by atoms with van der Waals surface area (Å²) in [5, 5.41) is 1.41. The molecule has 3 rings (SSSR count). The summed E-state index contributed by atoms with van der Waals surface area (Å²) in [6, 6.07) is 31.6.